The van der Waals surface area contributed by atoms with Crippen LogP contribution in [0.15, 0.2) is 12.2 Å². The predicted octanol–water partition coefficient (Wildman–Crippen LogP) is 1.18. The number of rotatable bonds is 11. The van der Waals surface area contributed by atoms with E-state index < -0.39 is 20.7 Å². The number of carbonyl (C=O) groups excluding carboxylic acids is 1. The van der Waals surface area contributed by atoms with Gasteiger partial charge in [-0.15, -0.1) is 0 Å². The van der Waals surface area contributed by atoms with Crippen molar-refractivity contribution in [1.82, 2.24) is 5.32 Å². The quantitative estimate of drug-likeness (QED) is 0.439. The van der Waals surface area contributed by atoms with Gasteiger partial charge in [-0.2, -0.15) is 0 Å². The monoisotopic (exact) mass is 319 g/mol. The van der Waals surface area contributed by atoms with E-state index >= 15 is 0 Å². The summed E-state index contributed by atoms with van der Waals surface area (Å²) in [4.78, 5) is 21.8. The summed E-state index contributed by atoms with van der Waals surface area (Å²) in [5.41, 5.74) is -0.139. The minimum absolute atomic E-state index is 0.139. The van der Waals surface area contributed by atoms with Gasteiger partial charge in [0.25, 0.3) is 0 Å². The fraction of sp³-hybridized carbons (Fsp3) is 0.692. The van der Waals surface area contributed by atoms with Gasteiger partial charge in [-0.3, -0.25) is 4.79 Å². The van der Waals surface area contributed by atoms with Gasteiger partial charge in [0, 0.05) is 44.1 Å². The van der Waals surface area contributed by atoms with Crippen LogP contribution < -0.4 is 5.32 Å². The maximum atomic E-state index is 11.5. The predicted molar refractivity (Wildman–Crippen MR) is 79.8 cm³/mol. The first-order valence-corrected chi connectivity index (χ1v) is 8.82. The Balaban J connectivity index is 4.69. The van der Waals surface area contributed by atoms with Gasteiger partial charge < -0.3 is 23.7 Å². The topological polar surface area (TPSA) is 94.1 Å². The first-order chi connectivity index (χ1) is 9.91. The molecule has 8 heteroatoms. The van der Waals surface area contributed by atoms with Crippen LogP contribution in [-0.4, -0.2) is 52.2 Å². The average Bonchev–Trinajstić information content (AvgIpc) is 2.43. The van der Waals surface area contributed by atoms with Crippen molar-refractivity contribution in [3.63, 3.8) is 0 Å². The van der Waals surface area contributed by atoms with Gasteiger partial charge in [0.15, 0.2) is 0 Å². The summed E-state index contributed by atoms with van der Waals surface area (Å²) in [7, 11) is -2.87. The second-order valence-electron chi connectivity index (χ2n) is 4.22. The van der Waals surface area contributed by atoms with Crippen LogP contribution in [0.3, 0.4) is 0 Å². The maximum Gasteiger partial charge on any atom is 0.505 e. The third-order valence-corrected chi connectivity index (χ3v) is 6.08. The second-order valence-corrected chi connectivity index (χ2v) is 7.28. The van der Waals surface area contributed by atoms with Crippen molar-refractivity contribution >= 4 is 20.7 Å². The molecule has 0 bridgehead atoms. The summed E-state index contributed by atoms with van der Waals surface area (Å²) in [6.45, 7) is 9.14. The Labute approximate surface area is 126 Å². The summed E-state index contributed by atoms with van der Waals surface area (Å²) in [5, 5.41) is 11.1. The van der Waals surface area contributed by atoms with Gasteiger partial charge in [-0.25, -0.2) is 4.79 Å². The molecule has 2 N–H and O–H groups in total. The van der Waals surface area contributed by atoms with Crippen LogP contribution >= 0.6 is 0 Å². The first kappa shape index (κ1) is 19.8. The minimum atomic E-state index is -2.87. The molecule has 7 nitrogen and oxygen atoms in total. The highest BCUT2D eigenvalue weighted by molar-refractivity contribution is 6.62. The molecular formula is C13H25NO6Si. The van der Waals surface area contributed by atoms with E-state index in [9.17, 15) is 9.59 Å². The lowest BCUT2D eigenvalue weighted by Crippen LogP contribution is -2.52. The number of hydrogen-bond donors (Lipinski definition) is 2. The summed E-state index contributed by atoms with van der Waals surface area (Å²) in [6, 6.07) is 0. The van der Waals surface area contributed by atoms with Crippen LogP contribution in [0.5, 0.6) is 0 Å². The van der Waals surface area contributed by atoms with Crippen molar-refractivity contribution in [3.05, 3.63) is 12.2 Å². The molecule has 21 heavy (non-hydrogen) atoms. The van der Waals surface area contributed by atoms with Crippen molar-refractivity contribution in [2.24, 2.45) is 0 Å². The molecule has 1 amide bonds. The standard InChI is InChI=1S/C13H25NO6Si/c1-5-18-21(19-6-2,20-7-3)11(4)10-14-12(15)8-9-13(16)17/h8-9,11H,5-7,10H2,1-4H3,(H,14,15)(H,16,17)/b9-8-. The van der Waals surface area contributed by atoms with E-state index in [2.05, 4.69) is 5.32 Å². The summed E-state index contributed by atoms with van der Waals surface area (Å²) in [5.74, 6) is -1.64. The molecule has 0 aliphatic heterocycles. The zero-order chi connectivity index (χ0) is 16.3. The number of carboxylic acids is 1. The fourth-order valence-electron chi connectivity index (χ4n) is 1.74. The van der Waals surface area contributed by atoms with Crippen molar-refractivity contribution in [2.45, 2.75) is 33.2 Å². The van der Waals surface area contributed by atoms with Crippen LogP contribution in [0.2, 0.25) is 5.54 Å². The Morgan fingerprint density at radius 2 is 1.57 bits per heavy atom. The summed E-state index contributed by atoms with van der Waals surface area (Å²) in [6.07, 6.45) is 1.76. The Bertz CT molecular complexity index is 344. The first-order valence-electron chi connectivity index (χ1n) is 7.02. The molecule has 0 fully saturated rings. The van der Waals surface area contributed by atoms with Crippen LogP contribution in [-0.2, 0) is 22.9 Å². The Morgan fingerprint density at radius 1 is 1.10 bits per heavy atom. The summed E-state index contributed by atoms with van der Waals surface area (Å²) < 4.78 is 17.2. The van der Waals surface area contributed by atoms with E-state index in [-0.39, 0.29) is 12.1 Å². The lowest BCUT2D eigenvalue weighted by atomic mass is 10.4. The molecule has 0 heterocycles. The third kappa shape index (κ3) is 7.37. The minimum Gasteiger partial charge on any atom is -0.478 e. The van der Waals surface area contributed by atoms with Crippen molar-refractivity contribution in [3.8, 4) is 0 Å². The third-order valence-electron chi connectivity index (χ3n) is 2.60. The highest BCUT2D eigenvalue weighted by atomic mass is 28.4. The maximum absolute atomic E-state index is 11.5. The average molecular weight is 319 g/mol. The highest BCUT2D eigenvalue weighted by Crippen LogP contribution is 2.25. The zero-order valence-electron chi connectivity index (χ0n) is 13.0. The van der Waals surface area contributed by atoms with E-state index in [1.165, 1.54) is 0 Å². The molecule has 0 saturated heterocycles. The van der Waals surface area contributed by atoms with E-state index in [1.807, 2.05) is 27.7 Å². The van der Waals surface area contributed by atoms with Crippen molar-refractivity contribution < 1.29 is 28.0 Å². The number of aliphatic carboxylic acids is 1. The number of hydrogen-bond acceptors (Lipinski definition) is 5. The smallest absolute Gasteiger partial charge is 0.478 e. The van der Waals surface area contributed by atoms with Gasteiger partial charge in [0.1, 0.15) is 0 Å². The molecule has 0 spiro atoms. The molecule has 0 saturated carbocycles. The van der Waals surface area contributed by atoms with Crippen molar-refractivity contribution in [1.29, 1.82) is 0 Å². The normalized spacial score (nSPS) is 13.3. The largest absolute Gasteiger partial charge is 0.505 e. The number of amides is 1. The van der Waals surface area contributed by atoms with E-state index in [1.54, 1.807) is 0 Å². The Hall–Kier alpha value is -1.22. The molecule has 1 unspecified atom stereocenters. The van der Waals surface area contributed by atoms with E-state index in [0.717, 1.165) is 12.2 Å². The molecule has 0 aliphatic rings. The van der Waals surface area contributed by atoms with Gasteiger partial charge in [0.05, 0.1) is 0 Å². The van der Waals surface area contributed by atoms with Crippen LogP contribution in [0.1, 0.15) is 27.7 Å². The summed E-state index contributed by atoms with van der Waals surface area (Å²) >= 11 is 0. The lowest BCUT2D eigenvalue weighted by molar-refractivity contribution is -0.131. The van der Waals surface area contributed by atoms with Gasteiger partial charge in [-0.1, -0.05) is 6.92 Å². The Morgan fingerprint density at radius 3 is 1.95 bits per heavy atom. The molecular weight excluding hydrogens is 294 g/mol. The molecule has 0 radical (unpaired) electrons. The second kappa shape index (κ2) is 10.5. The molecule has 1 atom stereocenters. The fourth-order valence-corrected chi connectivity index (χ4v) is 4.40. The van der Waals surface area contributed by atoms with Crippen LogP contribution in [0.4, 0.5) is 0 Å². The van der Waals surface area contributed by atoms with E-state index in [4.69, 9.17) is 18.4 Å². The molecule has 122 valence electrons. The number of nitrogens with one attached hydrogen (secondary N) is 1. The highest BCUT2D eigenvalue weighted by Gasteiger charge is 2.46. The zero-order valence-corrected chi connectivity index (χ0v) is 14.0. The number of carboxylic acid groups (broad SMARTS) is 1. The lowest BCUT2D eigenvalue weighted by Gasteiger charge is -2.33. The molecule has 0 aromatic heterocycles. The molecule has 0 aromatic rings. The molecule has 0 rings (SSSR count). The van der Waals surface area contributed by atoms with E-state index in [0.29, 0.717) is 19.8 Å². The molecule has 0 aliphatic carbocycles. The Kier molecular flexibility index (Phi) is 9.88. The van der Waals surface area contributed by atoms with Gasteiger partial charge in [-0.05, 0) is 20.8 Å². The number of carbonyl (C=O) groups is 2. The molecule has 0 aromatic carbocycles. The van der Waals surface area contributed by atoms with Crippen LogP contribution in [0.25, 0.3) is 0 Å². The van der Waals surface area contributed by atoms with Crippen molar-refractivity contribution in [2.75, 3.05) is 26.4 Å². The van der Waals surface area contributed by atoms with Crippen LogP contribution in [0, 0.1) is 0 Å². The SMILES string of the molecule is CCO[Si](OCC)(OCC)C(C)CNC(=O)/C=C\C(=O)O. The van der Waals surface area contributed by atoms with Gasteiger partial charge in [0.2, 0.25) is 5.91 Å². The van der Waals surface area contributed by atoms with Gasteiger partial charge >= 0.3 is 14.8 Å².